The molecule has 154 valence electrons. The number of rotatable bonds is 8. The van der Waals surface area contributed by atoms with Crippen molar-refractivity contribution >= 4 is 23.3 Å². The lowest BCUT2D eigenvalue weighted by Gasteiger charge is -2.16. The quantitative estimate of drug-likeness (QED) is 0.406. The van der Waals surface area contributed by atoms with Crippen molar-refractivity contribution in [2.45, 2.75) is 38.6 Å². The van der Waals surface area contributed by atoms with Crippen LogP contribution in [-0.4, -0.2) is 51.9 Å². The maximum atomic E-state index is 12.5. The molecule has 0 radical (unpaired) electrons. The number of aryl methyl sites for hydroxylation is 2. The van der Waals surface area contributed by atoms with E-state index in [-0.39, 0.29) is 5.91 Å². The molecule has 6 nitrogen and oxygen atoms in total. The van der Waals surface area contributed by atoms with E-state index in [4.69, 9.17) is 14.8 Å². The van der Waals surface area contributed by atoms with Gasteiger partial charge in [0.2, 0.25) is 5.91 Å². The van der Waals surface area contributed by atoms with E-state index in [0.29, 0.717) is 5.75 Å². The highest BCUT2D eigenvalue weighted by Crippen LogP contribution is 2.35. The van der Waals surface area contributed by atoms with E-state index in [1.54, 1.807) is 12.0 Å². The first kappa shape index (κ1) is 21.2. The van der Waals surface area contributed by atoms with E-state index < -0.39 is 0 Å². The van der Waals surface area contributed by atoms with Crippen LogP contribution < -0.4 is 4.74 Å². The molecule has 0 aliphatic carbocycles. The third-order valence-electron chi connectivity index (χ3n) is 4.85. The third-order valence-corrected chi connectivity index (χ3v) is 5.83. The van der Waals surface area contributed by atoms with Crippen LogP contribution in [0.4, 0.5) is 0 Å². The highest BCUT2D eigenvalue weighted by atomic mass is 32.2. The van der Waals surface area contributed by atoms with E-state index in [1.165, 1.54) is 11.8 Å². The number of unbranched alkanes of at least 4 members (excludes halogenated alkanes) is 1. The summed E-state index contributed by atoms with van der Waals surface area (Å²) in [7, 11) is 3.53. The summed E-state index contributed by atoms with van der Waals surface area (Å²) in [5.74, 6) is 1.29. The Morgan fingerprint density at radius 1 is 1.28 bits per heavy atom. The molecule has 7 heteroatoms. The third kappa shape index (κ3) is 4.56. The fourth-order valence-corrected chi connectivity index (χ4v) is 4.24. The van der Waals surface area contributed by atoms with Crippen molar-refractivity contribution < 1.29 is 9.53 Å². The SMILES string of the molecule is CCCCN(C)C(=O)CSc1cc(C)nc2c(-c3ccccc3OC)c(C)nn12. The molecule has 2 heterocycles. The highest BCUT2D eigenvalue weighted by molar-refractivity contribution is 7.99. The number of thioether (sulfide) groups is 1. The summed E-state index contributed by atoms with van der Waals surface area (Å²) in [5.41, 5.74) is 4.47. The van der Waals surface area contributed by atoms with E-state index in [2.05, 4.69) is 6.92 Å². The van der Waals surface area contributed by atoms with Crippen molar-refractivity contribution in [2.24, 2.45) is 0 Å². The Morgan fingerprint density at radius 3 is 2.76 bits per heavy atom. The van der Waals surface area contributed by atoms with Gasteiger partial charge in [-0.1, -0.05) is 43.3 Å². The molecular weight excluding hydrogens is 384 g/mol. The summed E-state index contributed by atoms with van der Waals surface area (Å²) < 4.78 is 7.39. The Kier molecular flexibility index (Phi) is 6.79. The van der Waals surface area contributed by atoms with Gasteiger partial charge in [0.05, 0.1) is 24.1 Å². The number of nitrogens with zero attached hydrogens (tertiary/aromatic N) is 4. The standard InChI is InChI=1S/C22H28N4O2S/c1-6-7-12-25(4)19(27)14-29-20-13-15(2)23-22-21(16(3)24-26(20)22)17-10-8-9-11-18(17)28-5/h8-11,13H,6-7,12,14H2,1-5H3. The van der Waals surface area contributed by atoms with E-state index in [0.717, 1.165) is 58.3 Å². The first-order valence-corrected chi connectivity index (χ1v) is 10.8. The van der Waals surface area contributed by atoms with Gasteiger partial charge < -0.3 is 9.64 Å². The number of para-hydroxylation sites is 1. The molecule has 2 aromatic heterocycles. The summed E-state index contributed by atoms with van der Waals surface area (Å²) in [4.78, 5) is 19.0. The zero-order valence-electron chi connectivity index (χ0n) is 17.7. The van der Waals surface area contributed by atoms with E-state index >= 15 is 0 Å². The number of fused-ring (bicyclic) bond motifs is 1. The molecule has 0 fully saturated rings. The summed E-state index contributed by atoms with van der Waals surface area (Å²) >= 11 is 1.50. The fraction of sp³-hybridized carbons (Fsp3) is 0.409. The molecule has 1 amide bonds. The van der Waals surface area contributed by atoms with Gasteiger partial charge in [-0.15, -0.1) is 0 Å². The largest absolute Gasteiger partial charge is 0.496 e. The zero-order valence-corrected chi connectivity index (χ0v) is 18.5. The Labute approximate surface area is 176 Å². The minimum atomic E-state index is 0.125. The molecule has 0 bridgehead atoms. The van der Waals surface area contributed by atoms with Gasteiger partial charge in [-0.2, -0.15) is 5.10 Å². The molecule has 0 unspecified atom stereocenters. The van der Waals surface area contributed by atoms with Crippen LogP contribution in [0.1, 0.15) is 31.2 Å². The van der Waals surface area contributed by atoms with Crippen LogP contribution in [0.3, 0.4) is 0 Å². The van der Waals surface area contributed by atoms with Crippen LogP contribution in [0, 0.1) is 13.8 Å². The van der Waals surface area contributed by atoms with Gasteiger partial charge in [-0.3, -0.25) is 4.79 Å². The van der Waals surface area contributed by atoms with Crippen LogP contribution in [0.5, 0.6) is 5.75 Å². The molecule has 0 aliphatic rings. The van der Waals surface area contributed by atoms with Crippen molar-refractivity contribution in [2.75, 3.05) is 26.5 Å². The van der Waals surface area contributed by atoms with Crippen LogP contribution in [0.2, 0.25) is 0 Å². The molecule has 3 aromatic rings. The number of carbonyl (C=O) groups is 1. The zero-order chi connectivity index (χ0) is 21.0. The minimum Gasteiger partial charge on any atom is -0.496 e. The Morgan fingerprint density at radius 2 is 2.03 bits per heavy atom. The Balaban J connectivity index is 1.96. The topological polar surface area (TPSA) is 59.7 Å². The van der Waals surface area contributed by atoms with Crippen molar-refractivity contribution in [3.05, 3.63) is 41.7 Å². The molecule has 1 aromatic carbocycles. The van der Waals surface area contributed by atoms with Crippen LogP contribution in [0.15, 0.2) is 35.4 Å². The van der Waals surface area contributed by atoms with E-state index in [9.17, 15) is 4.79 Å². The van der Waals surface area contributed by atoms with Crippen LogP contribution in [-0.2, 0) is 4.79 Å². The average Bonchev–Trinajstić information content (AvgIpc) is 3.05. The van der Waals surface area contributed by atoms with Crippen LogP contribution in [0.25, 0.3) is 16.8 Å². The smallest absolute Gasteiger partial charge is 0.232 e. The van der Waals surface area contributed by atoms with Gasteiger partial charge >= 0.3 is 0 Å². The molecule has 0 atom stereocenters. The number of aromatic nitrogens is 3. The number of hydrogen-bond acceptors (Lipinski definition) is 5. The maximum absolute atomic E-state index is 12.5. The van der Waals surface area contributed by atoms with E-state index in [1.807, 2.05) is 55.7 Å². The second-order valence-electron chi connectivity index (χ2n) is 7.09. The summed E-state index contributed by atoms with van der Waals surface area (Å²) in [5, 5.41) is 5.64. The van der Waals surface area contributed by atoms with Crippen LogP contribution >= 0.6 is 11.8 Å². The predicted molar refractivity (Wildman–Crippen MR) is 118 cm³/mol. The number of amides is 1. The molecular formula is C22H28N4O2S. The number of ether oxygens (including phenoxy) is 1. The lowest BCUT2D eigenvalue weighted by molar-refractivity contribution is -0.127. The first-order chi connectivity index (χ1) is 14.0. The number of carbonyl (C=O) groups excluding carboxylic acids is 1. The Bertz CT molecular complexity index is 1020. The molecule has 3 rings (SSSR count). The van der Waals surface area contributed by atoms with Crippen molar-refractivity contribution in [1.29, 1.82) is 0 Å². The molecule has 0 saturated heterocycles. The van der Waals surface area contributed by atoms with Gasteiger partial charge in [-0.05, 0) is 32.4 Å². The van der Waals surface area contributed by atoms with Gasteiger partial charge in [0.25, 0.3) is 0 Å². The second-order valence-corrected chi connectivity index (χ2v) is 8.09. The van der Waals surface area contributed by atoms with Crippen molar-refractivity contribution in [3.63, 3.8) is 0 Å². The van der Waals surface area contributed by atoms with Crippen molar-refractivity contribution in [3.8, 4) is 16.9 Å². The average molecular weight is 413 g/mol. The molecule has 0 N–H and O–H groups in total. The Hall–Kier alpha value is -2.54. The van der Waals surface area contributed by atoms with Gasteiger partial charge in [0, 0.05) is 24.8 Å². The second kappa shape index (κ2) is 9.31. The van der Waals surface area contributed by atoms with Crippen molar-refractivity contribution in [1.82, 2.24) is 19.5 Å². The molecule has 0 spiro atoms. The predicted octanol–water partition coefficient (Wildman–Crippen LogP) is 4.37. The monoisotopic (exact) mass is 412 g/mol. The summed E-state index contributed by atoms with van der Waals surface area (Å²) in [6.07, 6.45) is 2.10. The highest BCUT2D eigenvalue weighted by Gasteiger charge is 2.19. The lowest BCUT2D eigenvalue weighted by Crippen LogP contribution is -2.29. The normalized spacial score (nSPS) is 11.1. The lowest BCUT2D eigenvalue weighted by atomic mass is 10.1. The fourth-order valence-electron chi connectivity index (χ4n) is 3.25. The maximum Gasteiger partial charge on any atom is 0.232 e. The first-order valence-electron chi connectivity index (χ1n) is 9.83. The summed E-state index contributed by atoms with van der Waals surface area (Å²) in [6.45, 7) is 6.86. The number of methoxy groups -OCH3 is 1. The van der Waals surface area contributed by atoms with Gasteiger partial charge in [0.15, 0.2) is 5.65 Å². The number of hydrogen-bond donors (Lipinski definition) is 0. The molecule has 29 heavy (non-hydrogen) atoms. The van der Waals surface area contributed by atoms with Gasteiger partial charge in [0.1, 0.15) is 10.8 Å². The number of benzene rings is 1. The molecule has 0 saturated carbocycles. The molecule has 0 aliphatic heterocycles. The summed E-state index contributed by atoms with van der Waals surface area (Å²) in [6, 6.07) is 9.87. The minimum absolute atomic E-state index is 0.125. The van der Waals surface area contributed by atoms with Gasteiger partial charge in [-0.25, -0.2) is 9.50 Å².